The number of ether oxygens (including phenoxy) is 2. The number of nitrogens with one attached hydrogen (secondary N) is 3. The Bertz CT molecular complexity index is 2710. The van der Waals surface area contributed by atoms with Crippen LogP contribution in [0, 0.1) is 11.3 Å². The molecule has 8 rings (SSSR count). The van der Waals surface area contributed by atoms with Crippen molar-refractivity contribution in [2.75, 3.05) is 11.9 Å². The lowest BCUT2D eigenvalue weighted by atomic mass is 9.85. The second-order valence-electron chi connectivity index (χ2n) is 17.3. The monoisotopic (exact) mass is 885 g/mol. The number of anilines is 1. The summed E-state index contributed by atoms with van der Waals surface area (Å²) in [5.74, 6) is -2.82. The van der Waals surface area contributed by atoms with Gasteiger partial charge in [-0.2, -0.15) is 4.98 Å². The van der Waals surface area contributed by atoms with Crippen molar-refractivity contribution in [1.82, 2.24) is 29.9 Å². The molecular formula is C43H47N7O10S2. The molecule has 2 aromatic carbocycles. The van der Waals surface area contributed by atoms with E-state index in [9.17, 15) is 32.7 Å². The topological polar surface area (TPSA) is 232 Å². The number of benzene rings is 2. The van der Waals surface area contributed by atoms with Gasteiger partial charge in [0.1, 0.15) is 40.6 Å². The zero-order valence-corrected chi connectivity index (χ0v) is 36.3. The van der Waals surface area contributed by atoms with E-state index in [1.54, 1.807) is 6.07 Å². The SMILES string of the molecule is C=C[C@@H]1CC1(NC(=O)[C@@H]1C[C@@H](Oc2nc(-c3ccc(OC(C)C)cc3)nc3c2oc2ccccc23)CN1C(=O)[C@@H](Nc1nc(C(=O)O)cs1)C(C)(C)C)C(=O)NS(=O)(=O)C1CC1. The largest absolute Gasteiger partial charge is 0.491 e. The smallest absolute Gasteiger partial charge is 0.355 e. The van der Waals surface area contributed by atoms with Crippen molar-refractivity contribution >= 4 is 72.3 Å². The minimum atomic E-state index is -3.95. The van der Waals surface area contributed by atoms with Crippen molar-refractivity contribution in [1.29, 1.82) is 0 Å². The van der Waals surface area contributed by atoms with E-state index in [-0.39, 0.29) is 47.8 Å². The molecule has 3 aromatic heterocycles. The number of fused-ring (bicyclic) bond motifs is 3. The Morgan fingerprint density at radius 3 is 2.42 bits per heavy atom. The van der Waals surface area contributed by atoms with E-state index < -0.39 is 74.0 Å². The quantitative estimate of drug-likeness (QED) is 0.0948. The molecule has 4 N–H and O–H groups in total. The van der Waals surface area contributed by atoms with Crippen LogP contribution in [0.3, 0.4) is 0 Å². The summed E-state index contributed by atoms with van der Waals surface area (Å²) in [5, 5.41) is 17.0. The number of furan rings is 1. The van der Waals surface area contributed by atoms with Crippen LogP contribution in [0.15, 0.2) is 71.0 Å². The number of sulfonamides is 1. The van der Waals surface area contributed by atoms with Gasteiger partial charge < -0.3 is 34.5 Å². The van der Waals surface area contributed by atoms with Gasteiger partial charge in [0.15, 0.2) is 16.6 Å². The predicted octanol–water partition coefficient (Wildman–Crippen LogP) is 5.53. The summed E-state index contributed by atoms with van der Waals surface area (Å²) in [6.07, 6.45) is 1.51. The second-order valence-corrected chi connectivity index (χ2v) is 20.1. The van der Waals surface area contributed by atoms with Crippen molar-refractivity contribution in [2.45, 2.75) is 95.4 Å². The van der Waals surface area contributed by atoms with E-state index in [0.717, 1.165) is 16.7 Å². The molecule has 2 aliphatic carbocycles. The fourth-order valence-electron chi connectivity index (χ4n) is 7.66. The predicted molar refractivity (Wildman–Crippen MR) is 230 cm³/mol. The number of amides is 3. The van der Waals surface area contributed by atoms with Crippen molar-refractivity contribution in [3.05, 3.63) is 72.3 Å². The molecule has 19 heteroatoms. The molecule has 326 valence electrons. The van der Waals surface area contributed by atoms with Crippen LogP contribution >= 0.6 is 11.3 Å². The van der Waals surface area contributed by atoms with Gasteiger partial charge in [0.2, 0.25) is 27.4 Å². The van der Waals surface area contributed by atoms with Gasteiger partial charge in [-0.1, -0.05) is 39.0 Å². The summed E-state index contributed by atoms with van der Waals surface area (Å²) in [6, 6.07) is 12.4. The van der Waals surface area contributed by atoms with Crippen LogP contribution < -0.4 is 24.8 Å². The van der Waals surface area contributed by atoms with Crippen molar-refractivity contribution in [2.24, 2.45) is 11.3 Å². The number of hydrogen-bond donors (Lipinski definition) is 4. The van der Waals surface area contributed by atoms with Gasteiger partial charge in [-0.25, -0.2) is 23.2 Å². The van der Waals surface area contributed by atoms with E-state index in [2.05, 4.69) is 26.9 Å². The first-order chi connectivity index (χ1) is 29.4. The zero-order valence-electron chi connectivity index (χ0n) is 34.7. The van der Waals surface area contributed by atoms with E-state index in [4.69, 9.17) is 23.9 Å². The molecule has 62 heavy (non-hydrogen) atoms. The highest BCUT2D eigenvalue weighted by atomic mass is 32.2. The van der Waals surface area contributed by atoms with E-state index in [1.165, 1.54) is 16.4 Å². The molecule has 3 aliphatic rings. The van der Waals surface area contributed by atoms with Crippen molar-refractivity contribution in [3.63, 3.8) is 0 Å². The molecule has 3 amide bonds. The number of aromatic nitrogens is 3. The zero-order chi connectivity index (χ0) is 44.3. The maximum atomic E-state index is 14.9. The van der Waals surface area contributed by atoms with Crippen molar-refractivity contribution < 1.29 is 46.6 Å². The molecule has 2 saturated carbocycles. The lowest BCUT2D eigenvalue weighted by molar-refractivity contribution is -0.141. The Labute approximate surface area is 361 Å². The number of nitrogens with zero attached hydrogens (tertiary/aromatic N) is 4. The number of para-hydroxylation sites is 1. The Morgan fingerprint density at radius 2 is 1.79 bits per heavy atom. The highest BCUT2D eigenvalue weighted by molar-refractivity contribution is 7.91. The molecule has 0 radical (unpaired) electrons. The number of carboxylic acid groups (broad SMARTS) is 1. The number of carbonyl (C=O) groups is 4. The molecule has 5 atom stereocenters. The Balaban J connectivity index is 1.14. The first kappa shape index (κ1) is 42.6. The molecule has 1 saturated heterocycles. The normalized spacial score (nSPS) is 21.7. The van der Waals surface area contributed by atoms with Crippen LogP contribution in [0.4, 0.5) is 5.13 Å². The van der Waals surface area contributed by atoms with Crippen LogP contribution in [-0.4, -0.2) is 98.7 Å². The lowest BCUT2D eigenvalue weighted by Crippen LogP contribution is -2.58. The standard InChI is InChI=1S/C43H47N7O10S2/c1-7-24-19-43(24,40(55)49-62(56,57)27-16-17-27)48-36(51)30-18-26(20-50(30)38(52)34(42(4,5)6)46-41-44-29(21-61-41)39(53)54)59-37-33-32(28-10-8-9-11-31(28)60-33)45-35(47-37)23-12-14-25(15-13-23)58-22(2)3/h7-15,21-22,24,26-27,30,34H,1,16-20H2,2-6H3,(H,44,46)(H,48,51)(H,49,55)(H,53,54)/t24-,26-,30+,34-,43?/m1/s1. The number of carbonyl (C=O) groups excluding carboxylic acids is 3. The summed E-state index contributed by atoms with van der Waals surface area (Å²) >= 11 is 1.02. The second kappa shape index (κ2) is 16.0. The van der Waals surface area contributed by atoms with Gasteiger partial charge in [-0.05, 0) is 74.9 Å². The highest BCUT2D eigenvalue weighted by Gasteiger charge is 2.62. The van der Waals surface area contributed by atoms with E-state index in [0.29, 0.717) is 41.1 Å². The van der Waals surface area contributed by atoms with Gasteiger partial charge in [0.05, 0.1) is 17.9 Å². The first-order valence-electron chi connectivity index (χ1n) is 20.3. The summed E-state index contributed by atoms with van der Waals surface area (Å²) < 4.78 is 46.6. The molecule has 3 fully saturated rings. The minimum absolute atomic E-state index is 0.0278. The van der Waals surface area contributed by atoms with Crippen LogP contribution in [0.2, 0.25) is 0 Å². The van der Waals surface area contributed by atoms with E-state index in [1.807, 2.05) is 77.1 Å². The molecule has 4 heterocycles. The van der Waals surface area contributed by atoms with Gasteiger partial charge in [0.25, 0.3) is 11.8 Å². The average molecular weight is 886 g/mol. The number of aromatic carboxylic acids is 1. The third kappa shape index (κ3) is 8.42. The van der Waals surface area contributed by atoms with Crippen LogP contribution in [0.5, 0.6) is 11.6 Å². The highest BCUT2D eigenvalue weighted by Crippen LogP contribution is 2.46. The number of carboxylic acids is 1. The van der Waals surface area contributed by atoms with Gasteiger partial charge in [-0.15, -0.1) is 17.9 Å². The first-order valence-corrected chi connectivity index (χ1v) is 22.7. The fraction of sp³-hybridized carbons (Fsp3) is 0.419. The fourth-order valence-corrected chi connectivity index (χ4v) is 9.74. The maximum absolute atomic E-state index is 14.9. The number of likely N-dealkylation sites (tertiary alicyclic amines) is 1. The molecule has 0 bridgehead atoms. The Hall–Kier alpha value is -6.08. The van der Waals surface area contributed by atoms with Gasteiger partial charge in [-0.3, -0.25) is 19.1 Å². The third-order valence-corrected chi connectivity index (χ3v) is 13.7. The van der Waals surface area contributed by atoms with Crippen molar-refractivity contribution in [3.8, 4) is 23.0 Å². The molecule has 1 unspecified atom stereocenters. The third-order valence-electron chi connectivity index (χ3n) is 11.2. The summed E-state index contributed by atoms with van der Waals surface area (Å²) in [6.45, 7) is 13.0. The summed E-state index contributed by atoms with van der Waals surface area (Å²) in [4.78, 5) is 70.0. The molecule has 1 aliphatic heterocycles. The molecule has 17 nitrogen and oxygen atoms in total. The van der Waals surface area contributed by atoms with Crippen LogP contribution in [-0.2, 0) is 24.4 Å². The van der Waals surface area contributed by atoms with Crippen LogP contribution in [0.1, 0.15) is 70.8 Å². The summed E-state index contributed by atoms with van der Waals surface area (Å²) in [7, 11) is -3.95. The Kier molecular flexibility index (Phi) is 11.0. The molecular weight excluding hydrogens is 839 g/mol. The number of hydrogen-bond acceptors (Lipinski definition) is 14. The van der Waals surface area contributed by atoms with Gasteiger partial charge in [0, 0.05) is 28.7 Å². The maximum Gasteiger partial charge on any atom is 0.355 e. The lowest BCUT2D eigenvalue weighted by Gasteiger charge is -2.35. The minimum Gasteiger partial charge on any atom is -0.491 e. The average Bonchev–Trinajstić information content (AvgIpc) is 4.05. The molecule has 5 aromatic rings. The number of thiazole rings is 1. The number of rotatable bonds is 15. The molecule has 0 spiro atoms. The van der Waals surface area contributed by atoms with Crippen LogP contribution in [0.25, 0.3) is 33.5 Å². The Morgan fingerprint density at radius 1 is 1.06 bits per heavy atom. The summed E-state index contributed by atoms with van der Waals surface area (Å²) in [5.41, 5.74) is -0.650. The van der Waals surface area contributed by atoms with E-state index >= 15 is 0 Å². The van der Waals surface area contributed by atoms with Gasteiger partial charge >= 0.3 is 5.97 Å².